The molecule has 0 radical (unpaired) electrons. The van der Waals surface area contributed by atoms with E-state index in [4.69, 9.17) is 0 Å². The van der Waals surface area contributed by atoms with Gasteiger partial charge in [0, 0.05) is 41.2 Å². The van der Waals surface area contributed by atoms with Gasteiger partial charge in [-0.25, -0.2) is 4.98 Å². The van der Waals surface area contributed by atoms with Gasteiger partial charge in [-0.2, -0.15) is 0 Å². The number of aromatic nitrogens is 1. The highest BCUT2D eigenvalue weighted by molar-refractivity contribution is 9.10. The van der Waals surface area contributed by atoms with Crippen molar-refractivity contribution in [1.82, 2.24) is 10.3 Å². The summed E-state index contributed by atoms with van der Waals surface area (Å²) in [4.78, 5) is 8.08. The van der Waals surface area contributed by atoms with E-state index < -0.39 is 0 Å². The van der Waals surface area contributed by atoms with Gasteiger partial charge in [-0.3, -0.25) is 0 Å². The minimum absolute atomic E-state index is 0.321. The summed E-state index contributed by atoms with van der Waals surface area (Å²) in [6, 6.07) is 8.75. The van der Waals surface area contributed by atoms with E-state index in [2.05, 4.69) is 76.2 Å². The first-order valence-corrected chi connectivity index (χ1v) is 8.93. The Morgan fingerprint density at radius 1 is 1.33 bits per heavy atom. The summed E-state index contributed by atoms with van der Waals surface area (Å²) in [5.74, 6) is 0. The number of thiazole rings is 1. The van der Waals surface area contributed by atoms with E-state index in [9.17, 15) is 0 Å². The van der Waals surface area contributed by atoms with Crippen molar-refractivity contribution in [2.24, 2.45) is 0 Å². The van der Waals surface area contributed by atoms with Gasteiger partial charge in [0.1, 0.15) is 0 Å². The van der Waals surface area contributed by atoms with E-state index in [1.807, 2.05) is 6.20 Å². The number of nitrogens with one attached hydrogen (secondary N) is 1. The molecule has 21 heavy (non-hydrogen) atoms. The molecule has 1 unspecified atom stereocenters. The number of anilines is 1. The summed E-state index contributed by atoms with van der Waals surface area (Å²) in [6.07, 6.45) is 1.99. The normalized spacial score (nSPS) is 12.4. The van der Waals surface area contributed by atoms with Crippen LogP contribution in [0.4, 0.5) is 5.13 Å². The van der Waals surface area contributed by atoms with Crippen molar-refractivity contribution in [3.63, 3.8) is 0 Å². The molecule has 0 aliphatic rings. The van der Waals surface area contributed by atoms with Gasteiger partial charge in [-0.1, -0.05) is 28.1 Å². The van der Waals surface area contributed by atoms with Gasteiger partial charge < -0.3 is 10.2 Å². The zero-order chi connectivity index (χ0) is 15.2. The Bertz CT molecular complexity index is 566. The molecule has 0 aliphatic heterocycles. The van der Waals surface area contributed by atoms with Gasteiger partial charge in [0.2, 0.25) is 0 Å². The van der Waals surface area contributed by atoms with Crippen LogP contribution in [0.3, 0.4) is 0 Å². The maximum atomic E-state index is 4.52. The molecule has 0 bridgehead atoms. The van der Waals surface area contributed by atoms with Crippen LogP contribution in [-0.2, 0) is 6.54 Å². The van der Waals surface area contributed by atoms with Crippen LogP contribution in [0.2, 0.25) is 0 Å². The Morgan fingerprint density at radius 3 is 2.76 bits per heavy atom. The van der Waals surface area contributed by atoms with Crippen LogP contribution in [0.25, 0.3) is 0 Å². The second-order valence-electron chi connectivity index (χ2n) is 4.94. The first-order chi connectivity index (χ1) is 10.1. The van der Waals surface area contributed by atoms with Crippen molar-refractivity contribution < 1.29 is 0 Å². The molecule has 0 fully saturated rings. The van der Waals surface area contributed by atoms with Crippen molar-refractivity contribution in [2.45, 2.75) is 33.4 Å². The molecule has 3 nitrogen and oxygen atoms in total. The third kappa shape index (κ3) is 4.53. The minimum atomic E-state index is 0.321. The molecule has 1 N–H and O–H groups in total. The zero-order valence-corrected chi connectivity index (χ0v) is 15.2. The largest absolute Gasteiger partial charge is 0.349 e. The Labute approximate surface area is 139 Å². The summed E-state index contributed by atoms with van der Waals surface area (Å²) >= 11 is 5.29. The highest BCUT2D eigenvalue weighted by atomic mass is 79.9. The van der Waals surface area contributed by atoms with E-state index in [0.717, 1.165) is 29.2 Å². The lowest BCUT2D eigenvalue weighted by Gasteiger charge is -2.16. The second kappa shape index (κ2) is 7.92. The number of nitrogens with zero attached hydrogens (tertiary/aromatic N) is 2. The lowest BCUT2D eigenvalue weighted by molar-refractivity contribution is 0.578. The van der Waals surface area contributed by atoms with E-state index in [1.165, 1.54) is 10.4 Å². The number of hydrogen-bond acceptors (Lipinski definition) is 4. The zero-order valence-electron chi connectivity index (χ0n) is 12.8. The molecule has 2 rings (SSSR count). The van der Waals surface area contributed by atoms with Crippen molar-refractivity contribution in [2.75, 3.05) is 18.0 Å². The first-order valence-electron chi connectivity index (χ1n) is 7.32. The molecule has 0 aliphatic carbocycles. The molecule has 0 spiro atoms. The van der Waals surface area contributed by atoms with E-state index in [-0.39, 0.29) is 0 Å². The van der Waals surface area contributed by atoms with Crippen molar-refractivity contribution in [3.05, 3.63) is 45.4 Å². The Hall–Kier alpha value is -0.910. The fourth-order valence-electron chi connectivity index (χ4n) is 2.17. The van der Waals surface area contributed by atoms with E-state index >= 15 is 0 Å². The number of halogens is 1. The molecule has 114 valence electrons. The predicted molar refractivity (Wildman–Crippen MR) is 95.1 cm³/mol. The van der Waals surface area contributed by atoms with E-state index in [0.29, 0.717) is 6.04 Å². The molecule has 5 heteroatoms. The van der Waals surface area contributed by atoms with Gasteiger partial charge >= 0.3 is 0 Å². The summed E-state index contributed by atoms with van der Waals surface area (Å²) in [6.45, 7) is 9.38. The molecular weight excluding hydrogens is 346 g/mol. The van der Waals surface area contributed by atoms with Gasteiger partial charge in [0.15, 0.2) is 5.13 Å². The quantitative estimate of drug-likeness (QED) is 0.774. The van der Waals surface area contributed by atoms with Crippen LogP contribution in [0.1, 0.15) is 37.3 Å². The molecule has 0 saturated carbocycles. The Balaban J connectivity index is 1.94. The number of benzene rings is 1. The molecule has 0 saturated heterocycles. The molecule has 1 aromatic carbocycles. The first kappa shape index (κ1) is 16.5. The van der Waals surface area contributed by atoms with Crippen LogP contribution in [0, 0.1) is 0 Å². The predicted octanol–water partition coefficient (Wildman–Crippen LogP) is 4.60. The summed E-state index contributed by atoms with van der Waals surface area (Å²) in [7, 11) is 0. The maximum Gasteiger partial charge on any atom is 0.185 e. The fourth-order valence-corrected chi connectivity index (χ4v) is 3.57. The summed E-state index contributed by atoms with van der Waals surface area (Å²) in [5, 5.41) is 4.68. The molecule has 1 aromatic heterocycles. The highest BCUT2D eigenvalue weighted by Crippen LogP contribution is 2.23. The SMILES string of the molecule is CCN(CC)c1ncc(CNC(C)c2cccc(Br)c2)s1. The molecule has 0 amide bonds. The third-order valence-electron chi connectivity index (χ3n) is 3.51. The topological polar surface area (TPSA) is 28.2 Å². The maximum absolute atomic E-state index is 4.52. The number of rotatable bonds is 7. The average Bonchev–Trinajstić information content (AvgIpc) is 2.95. The summed E-state index contributed by atoms with van der Waals surface area (Å²) < 4.78 is 1.12. The van der Waals surface area contributed by atoms with Crippen molar-refractivity contribution in [1.29, 1.82) is 0 Å². The van der Waals surface area contributed by atoms with Gasteiger partial charge in [0.25, 0.3) is 0 Å². The molecule has 1 heterocycles. The molecular formula is C16H22BrN3S. The molecule has 1 atom stereocenters. The minimum Gasteiger partial charge on any atom is -0.349 e. The van der Waals surface area contributed by atoms with Crippen LogP contribution in [-0.4, -0.2) is 18.1 Å². The lowest BCUT2D eigenvalue weighted by Crippen LogP contribution is -2.21. The van der Waals surface area contributed by atoms with Gasteiger partial charge in [-0.05, 0) is 38.5 Å². The van der Waals surface area contributed by atoms with Crippen molar-refractivity contribution in [3.8, 4) is 0 Å². The van der Waals surface area contributed by atoms with Crippen molar-refractivity contribution >= 4 is 32.4 Å². The van der Waals surface area contributed by atoms with Crippen LogP contribution < -0.4 is 10.2 Å². The van der Waals surface area contributed by atoms with Gasteiger partial charge in [-0.15, -0.1) is 11.3 Å². The average molecular weight is 368 g/mol. The van der Waals surface area contributed by atoms with E-state index in [1.54, 1.807) is 11.3 Å². The third-order valence-corrected chi connectivity index (χ3v) is 5.06. The smallest absolute Gasteiger partial charge is 0.185 e. The highest BCUT2D eigenvalue weighted by Gasteiger charge is 2.09. The van der Waals surface area contributed by atoms with Crippen LogP contribution in [0.5, 0.6) is 0 Å². The summed E-state index contributed by atoms with van der Waals surface area (Å²) in [5.41, 5.74) is 1.29. The standard InChI is InChI=1S/C16H22BrN3S/c1-4-20(5-2)16-19-11-15(21-16)10-18-12(3)13-7-6-8-14(17)9-13/h6-9,11-12,18H,4-5,10H2,1-3H3. The molecule has 2 aromatic rings. The lowest BCUT2D eigenvalue weighted by atomic mass is 10.1. The monoisotopic (exact) mass is 367 g/mol. The Kier molecular flexibility index (Phi) is 6.21. The van der Waals surface area contributed by atoms with Crippen LogP contribution >= 0.6 is 27.3 Å². The fraction of sp³-hybridized carbons (Fsp3) is 0.438. The van der Waals surface area contributed by atoms with Gasteiger partial charge in [0.05, 0.1) is 0 Å². The number of hydrogen-bond donors (Lipinski definition) is 1. The Morgan fingerprint density at radius 2 is 2.10 bits per heavy atom. The second-order valence-corrected chi connectivity index (χ2v) is 6.95. The van der Waals surface area contributed by atoms with Crippen LogP contribution in [0.15, 0.2) is 34.9 Å².